The number of hydrogen-bond donors (Lipinski definition) is 0. The fraction of sp³-hybridized carbons (Fsp3) is 0.471. The fourth-order valence-corrected chi connectivity index (χ4v) is 3.22. The fourth-order valence-electron chi connectivity index (χ4n) is 3.22. The molecule has 2 heterocycles. The van der Waals surface area contributed by atoms with Crippen molar-refractivity contribution >= 4 is 5.91 Å². The van der Waals surface area contributed by atoms with Crippen molar-refractivity contribution in [3.05, 3.63) is 48.0 Å². The Hall–Kier alpha value is -2.17. The summed E-state index contributed by atoms with van der Waals surface area (Å²) < 4.78 is 1.85. The standard InChI is InChI=1S/C17H22N4O/c1-14-5-2-3-7-16(14)15-6-4-9-21(11-15)17(22)8-10-20-12-18-19-13-20/h2-3,5,7,12-13,15H,4,6,8-11H2,1H3. The third kappa shape index (κ3) is 3.35. The summed E-state index contributed by atoms with van der Waals surface area (Å²) in [6.45, 7) is 4.52. The highest BCUT2D eigenvalue weighted by molar-refractivity contribution is 5.76. The third-order valence-corrected chi connectivity index (χ3v) is 4.45. The maximum Gasteiger partial charge on any atom is 0.224 e. The van der Waals surface area contributed by atoms with Gasteiger partial charge in [0, 0.05) is 32.0 Å². The molecule has 0 bridgehead atoms. The van der Waals surface area contributed by atoms with Crippen LogP contribution in [0.2, 0.25) is 0 Å². The van der Waals surface area contributed by atoms with Gasteiger partial charge in [-0.2, -0.15) is 0 Å². The van der Waals surface area contributed by atoms with E-state index in [4.69, 9.17) is 0 Å². The number of nitrogens with zero attached hydrogens (tertiary/aromatic N) is 4. The van der Waals surface area contributed by atoms with E-state index in [2.05, 4.69) is 41.4 Å². The Kier molecular flexibility index (Phi) is 4.51. The highest BCUT2D eigenvalue weighted by atomic mass is 16.2. The summed E-state index contributed by atoms with van der Waals surface area (Å²) in [7, 11) is 0. The molecule has 116 valence electrons. The smallest absolute Gasteiger partial charge is 0.224 e. The third-order valence-electron chi connectivity index (χ3n) is 4.45. The molecule has 3 rings (SSSR count). The van der Waals surface area contributed by atoms with Crippen molar-refractivity contribution in [3.8, 4) is 0 Å². The van der Waals surface area contributed by atoms with Gasteiger partial charge in [0.15, 0.2) is 0 Å². The van der Waals surface area contributed by atoms with Gasteiger partial charge in [0.2, 0.25) is 5.91 Å². The molecule has 1 aromatic heterocycles. The quantitative estimate of drug-likeness (QED) is 0.871. The highest BCUT2D eigenvalue weighted by Crippen LogP contribution is 2.29. The molecule has 0 radical (unpaired) electrons. The van der Waals surface area contributed by atoms with Crippen LogP contribution in [0.25, 0.3) is 0 Å². The summed E-state index contributed by atoms with van der Waals surface area (Å²) in [6.07, 6.45) is 6.06. The number of rotatable bonds is 4. The van der Waals surface area contributed by atoms with Crippen LogP contribution in [0.3, 0.4) is 0 Å². The molecular formula is C17H22N4O. The van der Waals surface area contributed by atoms with Crippen LogP contribution in [0.4, 0.5) is 0 Å². The van der Waals surface area contributed by atoms with E-state index in [-0.39, 0.29) is 5.91 Å². The lowest BCUT2D eigenvalue weighted by Crippen LogP contribution is -2.39. The molecule has 5 nitrogen and oxygen atoms in total. The van der Waals surface area contributed by atoms with Crippen molar-refractivity contribution < 1.29 is 4.79 Å². The number of piperidine rings is 1. The van der Waals surface area contributed by atoms with Crippen LogP contribution in [-0.2, 0) is 11.3 Å². The van der Waals surface area contributed by atoms with Crippen LogP contribution in [0.5, 0.6) is 0 Å². The van der Waals surface area contributed by atoms with Gasteiger partial charge >= 0.3 is 0 Å². The Morgan fingerprint density at radius 2 is 2.05 bits per heavy atom. The molecule has 1 atom stereocenters. The zero-order valence-corrected chi connectivity index (χ0v) is 13.0. The second kappa shape index (κ2) is 6.73. The zero-order chi connectivity index (χ0) is 15.4. The molecule has 1 aromatic carbocycles. The zero-order valence-electron chi connectivity index (χ0n) is 13.0. The van der Waals surface area contributed by atoms with Crippen LogP contribution >= 0.6 is 0 Å². The predicted molar refractivity (Wildman–Crippen MR) is 84.4 cm³/mol. The van der Waals surface area contributed by atoms with E-state index in [1.807, 2.05) is 9.47 Å². The molecule has 0 N–H and O–H groups in total. The Morgan fingerprint density at radius 1 is 1.27 bits per heavy atom. The number of carbonyl (C=O) groups excluding carboxylic acids is 1. The normalized spacial score (nSPS) is 18.4. The van der Waals surface area contributed by atoms with Crippen LogP contribution in [0, 0.1) is 6.92 Å². The molecule has 0 spiro atoms. The molecule has 1 fully saturated rings. The molecule has 1 saturated heterocycles. The van der Waals surface area contributed by atoms with Gasteiger partial charge in [-0.3, -0.25) is 4.79 Å². The van der Waals surface area contributed by atoms with Gasteiger partial charge in [0.25, 0.3) is 0 Å². The summed E-state index contributed by atoms with van der Waals surface area (Å²) in [5.74, 6) is 0.695. The molecule has 0 saturated carbocycles. The second-order valence-corrected chi connectivity index (χ2v) is 5.99. The number of likely N-dealkylation sites (tertiary alicyclic amines) is 1. The van der Waals surface area contributed by atoms with Crippen LogP contribution in [0.15, 0.2) is 36.9 Å². The molecule has 1 aliphatic heterocycles. The lowest BCUT2D eigenvalue weighted by Gasteiger charge is -2.33. The van der Waals surface area contributed by atoms with Crippen molar-refractivity contribution in [1.29, 1.82) is 0 Å². The van der Waals surface area contributed by atoms with E-state index in [0.717, 1.165) is 19.5 Å². The van der Waals surface area contributed by atoms with E-state index in [1.54, 1.807) is 12.7 Å². The molecule has 5 heteroatoms. The SMILES string of the molecule is Cc1ccccc1C1CCCN(C(=O)CCn2cnnc2)C1. The van der Waals surface area contributed by atoms with Crippen molar-refractivity contribution in [3.63, 3.8) is 0 Å². The Bertz CT molecular complexity index is 623. The maximum atomic E-state index is 12.4. The largest absolute Gasteiger partial charge is 0.342 e. The minimum atomic E-state index is 0.229. The molecule has 2 aromatic rings. The molecule has 1 aliphatic rings. The number of aryl methyl sites for hydroxylation is 2. The number of hydrogen-bond acceptors (Lipinski definition) is 3. The van der Waals surface area contributed by atoms with Crippen LogP contribution in [-0.4, -0.2) is 38.7 Å². The summed E-state index contributed by atoms with van der Waals surface area (Å²) in [6, 6.07) is 8.52. The molecule has 0 aliphatic carbocycles. The summed E-state index contributed by atoms with van der Waals surface area (Å²) >= 11 is 0. The van der Waals surface area contributed by atoms with Crippen molar-refractivity contribution in [2.75, 3.05) is 13.1 Å². The molecule has 1 amide bonds. The summed E-state index contributed by atoms with van der Waals surface area (Å²) in [4.78, 5) is 14.4. The Morgan fingerprint density at radius 3 is 2.82 bits per heavy atom. The summed E-state index contributed by atoms with van der Waals surface area (Å²) in [5, 5.41) is 7.52. The molecule has 22 heavy (non-hydrogen) atoms. The van der Waals surface area contributed by atoms with E-state index in [9.17, 15) is 4.79 Å². The van der Waals surface area contributed by atoms with Gasteiger partial charge in [-0.05, 0) is 30.9 Å². The van der Waals surface area contributed by atoms with E-state index >= 15 is 0 Å². The van der Waals surface area contributed by atoms with Crippen molar-refractivity contribution in [2.45, 2.75) is 38.6 Å². The number of aromatic nitrogens is 3. The highest BCUT2D eigenvalue weighted by Gasteiger charge is 2.25. The Labute approximate surface area is 131 Å². The number of amides is 1. The first-order valence-corrected chi connectivity index (χ1v) is 7.90. The van der Waals surface area contributed by atoms with Crippen molar-refractivity contribution in [2.24, 2.45) is 0 Å². The lowest BCUT2D eigenvalue weighted by atomic mass is 9.88. The first kappa shape index (κ1) is 14.8. The van der Waals surface area contributed by atoms with Gasteiger partial charge in [-0.1, -0.05) is 24.3 Å². The van der Waals surface area contributed by atoms with Crippen LogP contribution in [0.1, 0.15) is 36.3 Å². The topological polar surface area (TPSA) is 51.0 Å². The summed E-state index contributed by atoms with van der Waals surface area (Å²) in [5.41, 5.74) is 2.71. The van der Waals surface area contributed by atoms with E-state index < -0.39 is 0 Å². The number of benzene rings is 1. The predicted octanol–water partition coefficient (Wildman–Crippen LogP) is 2.38. The molecule has 1 unspecified atom stereocenters. The van der Waals surface area contributed by atoms with E-state index in [0.29, 0.717) is 18.9 Å². The number of carbonyl (C=O) groups is 1. The molecular weight excluding hydrogens is 276 g/mol. The van der Waals surface area contributed by atoms with Gasteiger partial charge in [-0.25, -0.2) is 0 Å². The van der Waals surface area contributed by atoms with E-state index in [1.165, 1.54) is 17.5 Å². The van der Waals surface area contributed by atoms with Gasteiger partial charge < -0.3 is 9.47 Å². The average molecular weight is 298 g/mol. The first-order valence-electron chi connectivity index (χ1n) is 7.90. The monoisotopic (exact) mass is 298 g/mol. The van der Waals surface area contributed by atoms with Crippen LogP contribution < -0.4 is 0 Å². The minimum Gasteiger partial charge on any atom is -0.342 e. The lowest BCUT2D eigenvalue weighted by molar-refractivity contribution is -0.132. The van der Waals surface area contributed by atoms with Gasteiger partial charge in [0.05, 0.1) is 0 Å². The Balaban J connectivity index is 1.60. The first-order chi connectivity index (χ1) is 10.7. The second-order valence-electron chi connectivity index (χ2n) is 5.99. The maximum absolute atomic E-state index is 12.4. The minimum absolute atomic E-state index is 0.229. The van der Waals surface area contributed by atoms with Gasteiger partial charge in [-0.15, -0.1) is 10.2 Å². The average Bonchev–Trinajstić information content (AvgIpc) is 3.06. The van der Waals surface area contributed by atoms with Crippen molar-refractivity contribution in [1.82, 2.24) is 19.7 Å². The van der Waals surface area contributed by atoms with Gasteiger partial charge in [0.1, 0.15) is 12.7 Å².